The Bertz CT molecular complexity index is 767. The average Bonchev–Trinajstić information content (AvgIpc) is 2.55. The SMILES string of the molecule is CC(C)c1ccc(NC(=O)CS(=O)Cc2ccc(C(=O)O)cc2)cc1. The lowest BCUT2D eigenvalue weighted by atomic mass is 10.0. The Morgan fingerprint density at radius 2 is 1.64 bits per heavy atom. The minimum absolute atomic E-state index is 0.105. The second-order valence-corrected chi connectivity index (χ2v) is 7.51. The molecule has 0 fully saturated rings. The quantitative estimate of drug-likeness (QED) is 0.794. The first-order valence-corrected chi connectivity index (χ1v) is 9.41. The maximum atomic E-state index is 12.1. The van der Waals surface area contributed by atoms with E-state index in [1.807, 2.05) is 24.3 Å². The minimum Gasteiger partial charge on any atom is -0.478 e. The van der Waals surface area contributed by atoms with Crippen LogP contribution >= 0.6 is 0 Å². The third-order valence-corrected chi connectivity index (χ3v) is 4.92. The second kappa shape index (κ2) is 8.58. The fourth-order valence-electron chi connectivity index (χ4n) is 2.28. The van der Waals surface area contributed by atoms with Crippen LogP contribution in [0.4, 0.5) is 5.69 Å². The number of anilines is 1. The Balaban J connectivity index is 1.87. The Morgan fingerprint density at radius 3 is 2.16 bits per heavy atom. The molecule has 0 aromatic heterocycles. The maximum Gasteiger partial charge on any atom is 0.335 e. The molecule has 1 amide bonds. The van der Waals surface area contributed by atoms with Gasteiger partial charge >= 0.3 is 5.97 Å². The van der Waals surface area contributed by atoms with Gasteiger partial charge < -0.3 is 10.4 Å². The molecule has 2 aromatic rings. The summed E-state index contributed by atoms with van der Waals surface area (Å²) >= 11 is 0. The standard InChI is InChI=1S/C19H21NO4S/c1-13(2)15-7-9-17(10-8-15)20-18(21)12-25(24)11-14-3-5-16(6-4-14)19(22)23/h3-10,13H,11-12H2,1-2H3,(H,20,21)(H,22,23). The van der Waals surface area contributed by atoms with Gasteiger partial charge in [-0.1, -0.05) is 38.1 Å². The van der Waals surface area contributed by atoms with Crippen LogP contribution in [0.3, 0.4) is 0 Å². The number of carbonyl (C=O) groups excluding carboxylic acids is 1. The molecule has 1 unspecified atom stereocenters. The van der Waals surface area contributed by atoms with Crippen LogP contribution in [-0.2, 0) is 21.3 Å². The summed E-state index contributed by atoms with van der Waals surface area (Å²) in [4.78, 5) is 22.8. The average molecular weight is 359 g/mol. The van der Waals surface area contributed by atoms with E-state index >= 15 is 0 Å². The highest BCUT2D eigenvalue weighted by Gasteiger charge is 2.10. The molecule has 1 atom stereocenters. The second-order valence-electron chi connectivity index (χ2n) is 6.06. The number of aromatic carboxylic acids is 1. The highest BCUT2D eigenvalue weighted by atomic mass is 32.2. The van der Waals surface area contributed by atoms with Crippen molar-refractivity contribution in [3.63, 3.8) is 0 Å². The summed E-state index contributed by atoms with van der Waals surface area (Å²) in [6, 6.07) is 13.7. The molecule has 0 aliphatic rings. The van der Waals surface area contributed by atoms with Gasteiger partial charge in [0.15, 0.2) is 0 Å². The number of amides is 1. The molecule has 0 heterocycles. The Hall–Kier alpha value is -2.47. The van der Waals surface area contributed by atoms with Crippen LogP contribution in [0, 0.1) is 0 Å². The van der Waals surface area contributed by atoms with Crippen LogP contribution in [0.1, 0.15) is 41.3 Å². The number of benzene rings is 2. The molecule has 0 radical (unpaired) electrons. The van der Waals surface area contributed by atoms with E-state index in [1.165, 1.54) is 17.7 Å². The first kappa shape index (κ1) is 18.9. The summed E-state index contributed by atoms with van der Waals surface area (Å²) in [6.45, 7) is 4.19. The third kappa shape index (κ3) is 5.83. The highest BCUT2D eigenvalue weighted by molar-refractivity contribution is 7.84. The highest BCUT2D eigenvalue weighted by Crippen LogP contribution is 2.17. The molecule has 132 valence electrons. The van der Waals surface area contributed by atoms with Gasteiger partial charge in [-0.3, -0.25) is 9.00 Å². The van der Waals surface area contributed by atoms with Gasteiger partial charge in [0.2, 0.25) is 5.91 Å². The summed E-state index contributed by atoms with van der Waals surface area (Å²) < 4.78 is 12.1. The maximum absolute atomic E-state index is 12.1. The van der Waals surface area contributed by atoms with Gasteiger partial charge in [-0.25, -0.2) is 4.79 Å². The summed E-state index contributed by atoms with van der Waals surface area (Å²) in [5, 5.41) is 11.6. The summed E-state index contributed by atoms with van der Waals surface area (Å²) in [6.07, 6.45) is 0. The fourth-order valence-corrected chi connectivity index (χ4v) is 3.31. The van der Waals surface area contributed by atoms with Crippen LogP contribution in [0.15, 0.2) is 48.5 Å². The number of hydrogen-bond donors (Lipinski definition) is 2. The Morgan fingerprint density at radius 1 is 1.04 bits per heavy atom. The molecule has 2 rings (SSSR count). The van der Waals surface area contributed by atoms with Crippen LogP contribution < -0.4 is 5.32 Å². The van der Waals surface area contributed by atoms with E-state index in [9.17, 15) is 13.8 Å². The van der Waals surface area contributed by atoms with E-state index in [-0.39, 0.29) is 23.0 Å². The lowest BCUT2D eigenvalue weighted by Gasteiger charge is -2.08. The number of carboxylic acids is 1. The molecule has 5 nitrogen and oxygen atoms in total. The van der Waals surface area contributed by atoms with Crippen molar-refractivity contribution < 1.29 is 18.9 Å². The minimum atomic E-state index is -1.36. The number of carbonyl (C=O) groups is 2. The van der Waals surface area contributed by atoms with Crippen molar-refractivity contribution in [2.45, 2.75) is 25.5 Å². The van der Waals surface area contributed by atoms with Crippen molar-refractivity contribution in [2.24, 2.45) is 0 Å². The molecule has 0 aliphatic heterocycles. The van der Waals surface area contributed by atoms with Gasteiger partial charge in [-0.05, 0) is 41.3 Å². The predicted octanol–water partition coefficient (Wildman–Crippen LogP) is 3.40. The largest absolute Gasteiger partial charge is 0.478 e. The summed E-state index contributed by atoms with van der Waals surface area (Å²) in [5.74, 6) is -0.787. The Kier molecular flexibility index (Phi) is 6.47. The van der Waals surface area contributed by atoms with E-state index in [2.05, 4.69) is 19.2 Å². The molecule has 25 heavy (non-hydrogen) atoms. The van der Waals surface area contributed by atoms with Crippen molar-refractivity contribution in [1.29, 1.82) is 0 Å². The van der Waals surface area contributed by atoms with E-state index < -0.39 is 16.8 Å². The first-order valence-electron chi connectivity index (χ1n) is 7.92. The summed E-state index contributed by atoms with van der Waals surface area (Å²) in [5.41, 5.74) is 2.78. The van der Waals surface area contributed by atoms with Crippen LogP contribution in [-0.4, -0.2) is 26.9 Å². The molecule has 0 spiro atoms. The molecule has 0 saturated carbocycles. The van der Waals surface area contributed by atoms with Gasteiger partial charge in [0.1, 0.15) is 5.75 Å². The van der Waals surface area contributed by atoms with E-state index in [0.29, 0.717) is 11.6 Å². The number of nitrogens with one attached hydrogen (secondary N) is 1. The molecule has 2 aromatic carbocycles. The van der Waals surface area contributed by atoms with Crippen molar-refractivity contribution in [2.75, 3.05) is 11.1 Å². The normalized spacial score (nSPS) is 12.0. The topological polar surface area (TPSA) is 83.5 Å². The number of hydrogen-bond acceptors (Lipinski definition) is 3. The number of carboxylic acid groups (broad SMARTS) is 1. The molecular weight excluding hydrogens is 338 g/mol. The van der Waals surface area contributed by atoms with Crippen molar-refractivity contribution >= 4 is 28.4 Å². The fraction of sp³-hybridized carbons (Fsp3) is 0.263. The lowest BCUT2D eigenvalue weighted by molar-refractivity contribution is -0.113. The molecule has 0 aliphatic carbocycles. The molecule has 2 N–H and O–H groups in total. The predicted molar refractivity (Wildman–Crippen MR) is 99.3 cm³/mol. The van der Waals surface area contributed by atoms with Gasteiger partial charge in [0, 0.05) is 22.2 Å². The van der Waals surface area contributed by atoms with Crippen molar-refractivity contribution in [3.8, 4) is 0 Å². The zero-order chi connectivity index (χ0) is 18.4. The number of rotatable bonds is 7. The molecule has 0 saturated heterocycles. The molecular formula is C19H21NO4S. The van der Waals surface area contributed by atoms with Crippen LogP contribution in [0.25, 0.3) is 0 Å². The summed E-state index contributed by atoms with van der Waals surface area (Å²) in [7, 11) is -1.36. The monoisotopic (exact) mass is 359 g/mol. The van der Waals surface area contributed by atoms with Gasteiger partial charge in [-0.2, -0.15) is 0 Å². The van der Waals surface area contributed by atoms with Crippen molar-refractivity contribution in [1.82, 2.24) is 0 Å². The van der Waals surface area contributed by atoms with E-state index in [1.54, 1.807) is 12.1 Å². The molecule has 6 heteroatoms. The van der Waals surface area contributed by atoms with E-state index in [0.717, 1.165) is 5.56 Å². The van der Waals surface area contributed by atoms with E-state index in [4.69, 9.17) is 5.11 Å². The van der Waals surface area contributed by atoms with Crippen molar-refractivity contribution in [3.05, 3.63) is 65.2 Å². The first-order chi connectivity index (χ1) is 11.8. The van der Waals surface area contributed by atoms with Gasteiger partial charge in [0.25, 0.3) is 0 Å². The smallest absolute Gasteiger partial charge is 0.335 e. The third-order valence-electron chi connectivity index (χ3n) is 3.68. The van der Waals surface area contributed by atoms with Gasteiger partial charge in [0.05, 0.1) is 5.56 Å². The zero-order valence-corrected chi connectivity index (χ0v) is 15.0. The van der Waals surface area contributed by atoms with Gasteiger partial charge in [-0.15, -0.1) is 0 Å². The Labute approximate surface area is 149 Å². The molecule has 0 bridgehead atoms. The lowest BCUT2D eigenvalue weighted by Crippen LogP contribution is -2.20. The zero-order valence-electron chi connectivity index (χ0n) is 14.2. The van der Waals surface area contributed by atoms with Crippen LogP contribution in [0.2, 0.25) is 0 Å². The van der Waals surface area contributed by atoms with Crippen LogP contribution in [0.5, 0.6) is 0 Å².